The third-order valence-corrected chi connectivity index (χ3v) is 5.62. The minimum absolute atomic E-state index is 0.0767. The number of fused-ring (bicyclic) bond motifs is 1. The highest BCUT2D eigenvalue weighted by atomic mass is 16.5. The third kappa shape index (κ3) is 4.50. The number of rotatable bonds is 6. The number of ketones is 1. The summed E-state index contributed by atoms with van der Waals surface area (Å²) in [7, 11) is 0. The molecule has 2 heterocycles. The van der Waals surface area contributed by atoms with Crippen LogP contribution in [0.3, 0.4) is 0 Å². The zero-order valence-corrected chi connectivity index (χ0v) is 17.2. The highest BCUT2D eigenvalue weighted by molar-refractivity contribution is 5.94. The Hall–Kier alpha value is -2.69. The van der Waals surface area contributed by atoms with Crippen LogP contribution in [0.15, 0.2) is 60.8 Å². The summed E-state index contributed by atoms with van der Waals surface area (Å²) in [4.78, 5) is 13.8. The van der Waals surface area contributed by atoms with E-state index in [0.717, 1.165) is 56.1 Å². The van der Waals surface area contributed by atoms with Crippen molar-refractivity contribution in [3.8, 4) is 5.69 Å². The molecule has 1 aliphatic heterocycles. The second kappa shape index (κ2) is 8.76. The lowest BCUT2D eigenvalue weighted by atomic mass is 10.1. The Balaban J connectivity index is 1.61. The summed E-state index contributed by atoms with van der Waals surface area (Å²) in [6, 6.07) is 17.0. The molecule has 0 bridgehead atoms. The molecule has 0 N–H and O–H groups in total. The van der Waals surface area contributed by atoms with Crippen molar-refractivity contribution in [2.75, 3.05) is 32.8 Å². The summed E-state index contributed by atoms with van der Waals surface area (Å²) in [5, 5.41) is 1.32. The number of aromatic nitrogens is 1. The van der Waals surface area contributed by atoms with Crippen molar-refractivity contribution in [3.63, 3.8) is 0 Å². The molecule has 0 saturated carbocycles. The van der Waals surface area contributed by atoms with E-state index in [1.807, 2.05) is 6.92 Å². The molecular weight excluding hydrogens is 360 g/mol. The second-order valence-corrected chi connectivity index (χ2v) is 7.73. The smallest absolute Gasteiger partial charge is 0.152 e. The first-order valence-electron chi connectivity index (χ1n) is 10.3. The summed E-state index contributed by atoms with van der Waals surface area (Å²) >= 11 is 0. The van der Waals surface area contributed by atoms with Gasteiger partial charge in [0, 0.05) is 36.9 Å². The normalized spacial score (nSPS) is 15.7. The minimum atomic E-state index is 0.0767. The van der Waals surface area contributed by atoms with Gasteiger partial charge in [-0.05, 0) is 61.2 Å². The highest BCUT2D eigenvalue weighted by Crippen LogP contribution is 2.26. The lowest BCUT2D eigenvalue weighted by molar-refractivity contribution is -0.112. The number of nitrogens with zero attached hydrogens (tertiary/aromatic N) is 2. The number of hydrogen-bond acceptors (Lipinski definition) is 3. The number of morpholine rings is 1. The fourth-order valence-corrected chi connectivity index (χ4v) is 4.04. The molecule has 3 aromatic rings. The zero-order valence-electron chi connectivity index (χ0n) is 17.2. The molecule has 1 aliphatic rings. The van der Waals surface area contributed by atoms with Gasteiger partial charge >= 0.3 is 0 Å². The van der Waals surface area contributed by atoms with Crippen LogP contribution in [0.25, 0.3) is 22.2 Å². The Kier molecular flexibility index (Phi) is 5.93. The minimum Gasteiger partial charge on any atom is -0.379 e. The van der Waals surface area contributed by atoms with E-state index in [1.165, 1.54) is 16.5 Å². The fourth-order valence-electron chi connectivity index (χ4n) is 4.04. The number of para-hydroxylation sites is 1. The van der Waals surface area contributed by atoms with Crippen LogP contribution in [-0.2, 0) is 16.0 Å². The van der Waals surface area contributed by atoms with E-state index < -0.39 is 0 Å². The maximum absolute atomic E-state index is 11.4. The molecule has 0 atom stereocenters. The Bertz CT molecular complexity index is 1020. The zero-order chi connectivity index (χ0) is 20.2. The maximum Gasteiger partial charge on any atom is 0.152 e. The van der Waals surface area contributed by atoms with Gasteiger partial charge in [-0.1, -0.05) is 30.3 Å². The molecule has 2 aromatic carbocycles. The van der Waals surface area contributed by atoms with Crippen molar-refractivity contribution < 1.29 is 9.53 Å². The second-order valence-electron chi connectivity index (χ2n) is 7.73. The molecule has 1 saturated heterocycles. The predicted molar refractivity (Wildman–Crippen MR) is 119 cm³/mol. The van der Waals surface area contributed by atoms with Gasteiger partial charge in [0.25, 0.3) is 0 Å². The quantitative estimate of drug-likeness (QED) is 0.583. The van der Waals surface area contributed by atoms with E-state index in [0.29, 0.717) is 0 Å². The van der Waals surface area contributed by atoms with Gasteiger partial charge in [0.2, 0.25) is 0 Å². The van der Waals surface area contributed by atoms with Gasteiger partial charge in [0.05, 0.1) is 18.7 Å². The Morgan fingerprint density at radius 1 is 1.03 bits per heavy atom. The van der Waals surface area contributed by atoms with Crippen molar-refractivity contribution in [3.05, 3.63) is 71.9 Å². The monoisotopic (exact) mass is 388 g/mol. The number of carbonyl (C=O) groups excluding carboxylic acids is 1. The Morgan fingerprint density at radius 2 is 1.76 bits per heavy atom. The summed E-state index contributed by atoms with van der Waals surface area (Å²) in [5.74, 6) is 0.0767. The molecule has 0 aliphatic carbocycles. The van der Waals surface area contributed by atoms with Crippen LogP contribution in [0.5, 0.6) is 0 Å². The summed E-state index contributed by atoms with van der Waals surface area (Å²) in [6.45, 7) is 8.34. The van der Waals surface area contributed by atoms with Crippen molar-refractivity contribution in [2.45, 2.75) is 20.3 Å². The number of benzene rings is 2. The van der Waals surface area contributed by atoms with Gasteiger partial charge in [-0.2, -0.15) is 0 Å². The van der Waals surface area contributed by atoms with Gasteiger partial charge < -0.3 is 9.30 Å². The molecule has 0 amide bonds. The number of ether oxygens (including phenoxy) is 1. The van der Waals surface area contributed by atoms with Gasteiger partial charge in [0.15, 0.2) is 5.78 Å². The molecule has 150 valence electrons. The Labute approximate surface area is 172 Å². The molecule has 0 spiro atoms. The first-order valence-corrected chi connectivity index (χ1v) is 10.3. The standard InChI is InChI=1S/C25H28N2O2/c1-19(17-20(2)28)21-7-9-23(10-8-21)27-18-22(24-5-3-4-6-25(24)27)11-12-26-13-15-29-16-14-26/h3-10,17-18H,11-16H2,1-2H3/b19-17+. The molecule has 4 heteroatoms. The van der Waals surface area contributed by atoms with Gasteiger partial charge in [-0.25, -0.2) is 0 Å². The summed E-state index contributed by atoms with van der Waals surface area (Å²) in [5.41, 5.74) is 5.82. The van der Waals surface area contributed by atoms with Crippen molar-refractivity contribution in [1.82, 2.24) is 9.47 Å². The lowest BCUT2D eigenvalue weighted by Gasteiger charge is -2.26. The largest absolute Gasteiger partial charge is 0.379 e. The van der Waals surface area contributed by atoms with Crippen LogP contribution < -0.4 is 0 Å². The van der Waals surface area contributed by atoms with E-state index in [1.54, 1.807) is 13.0 Å². The summed E-state index contributed by atoms with van der Waals surface area (Å²) < 4.78 is 7.74. The molecule has 4 rings (SSSR count). The van der Waals surface area contributed by atoms with Gasteiger partial charge in [-0.3, -0.25) is 9.69 Å². The fraction of sp³-hybridized carbons (Fsp3) is 0.320. The highest BCUT2D eigenvalue weighted by Gasteiger charge is 2.13. The van der Waals surface area contributed by atoms with Gasteiger partial charge in [-0.15, -0.1) is 0 Å². The molecule has 4 nitrogen and oxygen atoms in total. The van der Waals surface area contributed by atoms with Crippen LogP contribution in [0.4, 0.5) is 0 Å². The average molecular weight is 389 g/mol. The van der Waals surface area contributed by atoms with Crippen LogP contribution in [0, 0.1) is 0 Å². The van der Waals surface area contributed by atoms with Crippen molar-refractivity contribution >= 4 is 22.3 Å². The number of carbonyl (C=O) groups is 1. The van der Waals surface area contributed by atoms with Crippen LogP contribution >= 0.6 is 0 Å². The van der Waals surface area contributed by atoms with Gasteiger partial charge in [0.1, 0.15) is 0 Å². The van der Waals surface area contributed by atoms with Crippen molar-refractivity contribution in [2.24, 2.45) is 0 Å². The van der Waals surface area contributed by atoms with E-state index in [-0.39, 0.29) is 5.78 Å². The maximum atomic E-state index is 11.4. The van der Waals surface area contributed by atoms with Crippen molar-refractivity contribution in [1.29, 1.82) is 0 Å². The number of allylic oxidation sites excluding steroid dienone is 2. The molecule has 1 fully saturated rings. The third-order valence-electron chi connectivity index (χ3n) is 5.62. The first kappa shape index (κ1) is 19.6. The van der Waals surface area contributed by atoms with E-state index in [9.17, 15) is 4.79 Å². The lowest BCUT2D eigenvalue weighted by Crippen LogP contribution is -2.37. The molecule has 0 radical (unpaired) electrons. The van der Waals surface area contributed by atoms with E-state index >= 15 is 0 Å². The van der Waals surface area contributed by atoms with Crippen LogP contribution in [0.2, 0.25) is 0 Å². The molecule has 29 heavy (non-hydrogen) atoms. The van der Waals surface area contributed by atoms with E-state index in [2.05, 4.69) is 64.2 Å². The molecule has 0 unspecified atom stereocenters. The SMILES string of the molecule is CC(=O)/C=C(\C)c1ccc(-n2cc(CCN3CCOCC3)c3ccccc32)cc1. The first-order chi connectivity index (χ1) is 14.1. The molecular formula is C25H28N2O2. The predicted octanol–water partition coefficient (Wildman–Crippen LogP) is 4.50. The van der Waals surface area contributed by atoms with Crippen LogP contribution in [-0.4, -0.2) is 48.1 Å². The number of hydrogen-bond donors (Lipinski definition) is 0. The topological polar surface area (TPSA) is 34.5 Å². The molecule has 1 aromatic heterocycles. The van der Waals surface area contributed by atoms with Crippen LogP contribution in [0.1, 0.15) is 25.0 Å². The van der Waals surface area contributed by atoms with E-state index in [4.69, 9.17) is 4.74 Å². The summed E-state index contributed by atoms with van der Waals surface area (Å²) in [6.07, 6.45) is 4.99. The Morgan fingerprint density at radius 3 is 2.48 bits per heavy atom. The average Bonchev–Trinajstić information content (AvgIpc) is 3.11.